The van der Waals surface area contributed by atoms with Gasteiger partial charge in [-0.1, -0.05) is 48.5 Å². The summed E-state index contributed by atoms with van der Waals surface area (Å²) in [6.07, 6.45) is 0. The molecule has 0 radical (unpaired) electrons. The third-order valence-corrected chi connectivity index (χ3v) is 6.89. The van der Waals surface area contributed by atoms with E-state index in [4.69, 9.17) is 4.98 Å². The van der Waals surface area contributed by atoms with E-state index < -0.39 is 0 Å². The van der Waals surface area contributed by atoms with Crippen molar-refractivity contribution in [1.29, 1.82) is 0 Å². The lowest BCUT2D eigenvalue weighted by atomic mass is 10.0. The Morgan fingerprint density at radius 1 is 0.548 bits per heavy atom. The number of nitrogens with zero attached hydrogens (tertiary/aromatic N) is 2. The molecular formula is C29H20N2. The van der Waals surface area contributed by atoms with Crippen molar-refractivity contribution in [3.05, 3.63) is 96.1 Å². The van der Waals surface area contributed by atoms with Crippen molar-refractivity contribution in [2.24, 2.45) is 0 Å². The van der Waals surface area contributed by atoms with Crippen LogP contribution in [0.2, 0.25) is 0 Å². The highest BCUT2D eigenvalue weighted by atomic mass is 15.0. The average molecular weight is 396 g/mol. The van der Waals surface area contributed by atoms with Crippen molar-refractivity contribution in [2.75, 3.05) is 0 Å². The molecule has 0 saturated carbocycles. The number of benzene rings is 4. The largest absolute Gasteiger partial charge is 0.294 e. The number of rotatable bonds is 0. The second-order valence-electron chi connectivity index (χ2n) is 8.62. The summed E-state index contributed by atoms with van der Waals surface area (Å²) in [5.74, 6) is 0. The van der Waals surface area contributed by atoms with E-state index in [1.54, 1.807) is 0 Å². The summed E-state index contributed by atoms with van der Waals surface area (Å²) in [5, 5.41) is 8.68. The lowest BCUT2D eigenvalue weighted by Crippen LogP contribution is -1.98. The van der Waals surface area contributed by atoms with Crippen LogP contribution in [-0.2, 0) is 0 Å². The topological polar surface area (TPSA) is 17.3 Å². The zero-order valence-electron chi connectivity index (χ0n) is 17.5. The minimum Gasteiger partial charge on any atom is -0.294 e. The molecule has 3 aromatic heterocycles. The molecule has 3 heterocycles. The van der Waals surface area contributed by atoms with Crippen molar-refractivity contribution in [1.82, 2.24) is 9.38 Å². The van der Waals surface area contributed by atoms with Gasteiger partial charge in [0.2, 0.25) is 0 Å². The summed E-state index contributed by atoms with van der Waals surface area (Å²) in [6, 6.07) is 30.8. The molecule has 0 fully saturated rings. The standard InChI is InChI=1S/C29H20N2/c1-17-18(2)27-16-24-12-20-8-4-6-10-22(20)15-28(24)31(27)29-25(17)13-23-11-19-7-3-5-9-21(19)14-26(23)30-29/h3-16H,1-2H3. The van der Waals surface area contributed by atoms with Crippen LogP contribution in [0.15, 0.2) is 84.9 Å². The molecule has 7 rings (SSSR count). The first-order valence-corrected chi connectivity index (χ1v) is 10.7. The van der Waals surface area contributed by atoms with Crippen molar-refractivity contribution in [3.8, 4) is 0 Å². The van der Waals surface area contributed by atoms with Crippen molar-refractivity contribution in [2.45, 2.75) is 13.8 Å². The third kappa shape index (κ3) is 2.25. The van der Waals surface area contributed by atoms with E-state index in [0.717, 1.165) is 11.2 Å². The summed E-state index contributed by atoms with van der Waals surface area (Å²) in [6.45, 7) is 4.45. The molecule has 0 saturated heterocycles. The van der Waals surface area contributed by atoms with E-state index in [1.807, 2.05) is 0 Å². The van der Waals surface area contributed by atoms with Gasteiger partial charge in [-0.15, -0.1) is 0 Å². The van der Waals surface area contributed by atoms with Gasteiger partial charge in [0.1, 0.15) is 5.65 Å². The minimum atomic E-state index is 1.03. The van der Waals surface area contributed by atoms with Crippen LogP contribution in [-0.4, -0.2) is 9.38 Å². The van der Waals surface area contributed by atoms with Crippen LogP contribution in [0.25, 0.3) is 59.9 Å². The van der Waals surface area contributed by atoms with Gasteiger partial charge in [0.25, 0.3) is 0 Å². The maximum atomic E-state index is 5.22. The molecule has 0 aliphatic rings. The molecule has 0 N–H and O–H groups in total. The maximum Gasteiger partial charge on any atom is 0.145 e. The maximum absolute atomic E-state index is 5.22. The Labute approximate surface area is 179 Å². The van der Waals surface area contributed by atoms with E-state index in [2.05, 4.69) is 103 Å². The van der Waals surface area contributed by atoms with Crippen molar-refractivity contribution < 1.29 is 0 Å². The van der Waals surface area contributed by atoms with E-state index in [0.29, 0.717) is 0 Å². The summed E-state index contributed by atoms with van der Waals surface area (Å²) in [5.41, 5.74) is 7.15. The van der Waals surface area contributed by atoms with Gasteiger partial charge in [-0.05, 0) is 82.9 Å². The van der Waals surface area contributed by atoms with Crippen LogP contribution in [0.1, 0.15) is 11.1 Å². The van der Waals surface area contributed by atoms with Crippen LogP contribution in [0, 0.1) is 13.8 Å². The summed E-state index contributed by atoms with van der Waals surface area (Å²) in [7, 11) is 0. The van der Waals surface area contributed by atoms with Gasteiger partial charge in [0.05, 0.1) is 16.6 Å². The first-order chi connectivity index (χ1) is 15.2. The number of aryl methyl sites for hydroxylation is 2. The zero-order valence-corrected chi connectivity index (χ0v) is 17.5. The SMILES string of the molecule is Cc1c(C)c2cc3cc4ccccc4cc3n2c2nc3cc4ccccc4cc3cc12. The normalized spacial score (nSPS) is 12.2. The van der Waals surface area contributed by atoms with Gasteiger partial charge in [-0.25, -0.2) is 4.98 Å². The molecule has 146 valence electrons. The van der Waals surface area contributed by atoms with E-state index in [-0.39, 0.29) is 0 Å². The molecular weight excluding hydrogens is 376 g/mol. The van der Waals surface area contributed by atoms with Crippen molar-refractivity contribution >= 4 is 59.9 Å². The molecule has 0 aliphatic heterocycles. The molecule has 0 amide bonds. The van der Waals surface area contributed by atoms with Gasteiger partial charge in [-0.3, -0.25) is 4.40 Å². The Balaban J connectivity index is 1.72. The summed E-state index contributed by atoms with van der Waals surface area (Å²) in [4.78, 5) is 5.22. The quantitative estimate of drug-likeness (QED) is 0.240. The number of pyridine rings is 2. The van der Waals surface area contributed by atoms with E-state index in [1.165, 1.54) is 59.9 Å². The Bertz CT molecular complexity index is 1850. The number of hydrogen-bond acceptors (Lipinski definition) is 1. The van der Waals surface area contributed by atoms with Gasteiger partial charge in [-0.2, -0.15) is 0 Å². The molecule has 2 heteroatoms. The first-order valence-electron chi connectivity index (χ1n) is 10.7. The molecule has 4 aromatic carbocycles. The molecule has 0 unspecified atom stereocenters. The molecule has 2 nitrogen and oxygen atoms in total. The predicted molar refractivity (Wildman–Crippen MR) is 132 cm³/mol. The number of fused-ring (bicyclic) bond motifs is 8. The second kappa shape index (κ2) is 5.83. The monoisotopic (exact) mass is 396 g/mol. The van der Waals surface area contributed by atoms with Crippen LogP contribution >= 0.6 is 0 Å². The Morgan fingerprint density at radius 2 is 1.13 bits per heavy atom. The molecule has 0 aliphatic carbocycles. The predicted octanol–water partition coefficient (Wildman–Crippen LogP) is 7.72. The summed E-state index contributed by atoms with van der Waals surface area (Å²) >= 11 is 0. The van der Waals surface area contributed by atoms with Gasteiger partial charge >= 0.3 is 0 Å². The van der Waals surface area contributed by atoms with Gasteiger partial charge in [0, 0.05) is 16.2 Å². The fourth-order valence-electron chi connectivity index (χ4n) is 5.09. The smallest absolute Gasteiger partial charge is 0.145 e. The fourth-order valence-corrected chi connectivity index (χ4v) is 5.09. The highest BCUT2D eigenvalue weighted by Gasteiger charge is 2.15. The Hall–Kier alpha value is -3.91. The van der Waals surface area contributed by atoms with Crippen LogP contribution in [0.3, 0.4) is 0 Å². The first kappa shape index (κ1) is 16.8. The number of hydrogen-bond donors (Lipinski definition) is 0. The molecule has 31 heavy (non-hydrogen) atoms. The fraction of sp³-hybridized carbons (Fsp3) is 0.0690. The van der Waals surface area contributed by atoms with Crippen LogP contribution in [0.4, 0.5) is 0 Å². The highest BCUT2D eigenvalue weighted by Crippen LogP contribution is 2.34. The molecule has 7 aromatic rings. The van der Waals surface area contributed by atoms with Crippen LogP contribution in [0.5, 0.6) is 0 Å². The number of aromatic nitrogens is 2. The van der Waals surface area contributed by atoms with Gasteiger partial charge in [0.15, 0.2) is 0 Å². The Morgan fingerprint density at radius 3 is 1.84 bits per heavy atom. The van der Waals surface area contributed by atoms with Gasteiger partial charge < -0.3 is 0 Å². The average Bonchev–Trinajstić information content (AvgIpc) is 3.17. The molecule has 0 atom stereocenters. The van der Waals surface area contributed by atoms with E-state index in [9.17, 15) is 0 Å². The molecule has 0 spiro atoms. The van der Waals surface area contributed by atoms with E-state index >= 15 is 0 Å². The lowest BCUT2D eigenvalue weighted by Gasteiger charge is -2.13. The van der Waals surface area contributed by atoms with Crippen molar-refractivity contribution in [3.63, 3.8) is 0 Å². The third-order valence-electron chi connectivity index (χ3n) is 6.89. The lowest BCUT2D eigenvalue weighted by molar-refractivity contribution is 1.22. The Kier molecular flexibility index (Phi) is 3.17. The summed E-state index contributed by atoms with van der Waals surface area (Å²) < 4.78 is 2.36. The minimum absolute atomic E-state index is 1.03. The second-order valence-corrected chi connectivity index (χ2v) is 8.62. The van der Waals surface area contributed by atoms with Crippen LogP contribution < -0.4 is 0 Å². The zero-order chi connectivity index (χ0) is 20.7. The molecule has 0 bridgehead atoms. The highest BCUT2D eigenvalue weighted by molar-refractivity contribution is 6.06.